The first kappa shape index (κ1) is 14.5. The molecule has 0 unspecified atom stereocenters. The van der Waals surface area contributed by atoms with Gasteiger partial charge in [0, 0.05) is 17.8 Å². The molecule has 0 bridgehead atoms. The summed E-state index contributed by atoms with van der Waals surface area (Å²) in [6, 6.07) is 10.8. The first-order chi connectivity index (χ1) is 10.2. The average Bonchev–Trinajstić information content (AvgIpc) is 2.55. The zero-order valence-corrected chi connectivity index (χ0v) is 11.9. The topological polar surface area (TPSA) is 82.1 Å². The summed E-state index contributed by atoms with van der Waals surface area (Å²) in [6.07, 6.45) is 3.21. The highest BCUT2D eigenvalue weighted by Crippen LogP contribution is 2.23. The molecule has 0 aliphatic carbocycles. The summed E-state index contributed by atoms with van der Waals surface area (Å²) in [6.45, 7) is 0. The largest absolute Gasteiger partial charge is 0.497 e. The minimum Gasteiger partial charge on any atom is -0.497 e. The highest BCUT2D eigenvalue weighted by Gasteiger charge is 2.02. The maximum absolute atomic E-state index is 5.80. The second-order valence-corrected chi connectivity index (χ2v) is 4.05. The Morgan fingerprint density at radius 3 is 2.71 bits per heavy atom. The van der Waals surface area contributed by atoms with Crippen molar-refractivity contribution >= 4 is 12.1 Å². The zero-order valence-electron chi connectivity index (χ0n) is 11.9. The van der Waals surface area contributed by atoms with E-state index in [-0.39, 0.29) is 5.84 Å². The normalized spacial score (nSPS) is 11.6. The van der Waals surface area contributed by atoms with Gasteiger partial charge in [0.05, 0.1) is 20.4 Å². The molecule has 0 atom stereocenters. The van der Waals surface area contributed by atoms with Gasteiger partial charge >= 0.3 is 0 Å². The van der Waals surface area contributed by atoms with Crippen molar-refractivity contribution in [2.45, 2.75) is 0 Å². The first-order valence-electron chi connectivity index (χ1n) is 6.24. The van der Waals surface area contributed by atoms with Crippen molar-refractivity contribution in [2.75, 3.05) is 14.2 Å². The van der Waals surface area contributed by atoms with E-state index in [1.807, 2.05) is 24.3 Å². The van der Waals surface area contributed by atoms with Gasteiger partial charge in [-0.15, -0.1) is 5.10 Å². The fourth-order valence-electron chi connectivity index (χ4n) is 1.64. The summed E-state index contributed by atoms with van der Waals surface area (Å²) in [4.78, 5) is 4.09. The lowest BCUT2D eigenvalue weighted by molar-refractivity contribution is 0.394. The number of rotatable bonds is 5. The highest BCUT2D eigenvalue weighted by atomic mass is 16.5. The van der Waals surface area contributed by atoms with E-state index in [4.69, 9.17) is 15.2 Å². The summed E-state index contributed by atoms with van der Waals surface area (Å²) in [5.41, 5.74) is 7.15. The van der Waals surface area contributed by atoms with Gasteiger partial charge in [-0.1, -0.05) is 6.07 Å². The molecule has 21 heavy (non-hydrogen) atoms. The number of benzene rings is 1. The van der Waals surface area contributed by atoms with Crippen molar-refractivity contribution in [3.8, 4) is 11.5 Å². The van der Waals surface area contributed by atoms with Gasteiger partial charge in [-0.3, -0.25) is 4.98 Å². The number of hydrogen-bond acceptors (Lipinski definition) is 5. The van der Waals surface area contributed by atoms with Crippen molar-refractivity contribution in [3.63, 3.8) is 0 Å². The fourth-order valence-corrected chi connectivity index (χ4v) is 1.64. The van der Waals surface area contributed by atoms with Gasteiger partial charge in [-0.2, -0.15) is 5.10 Å². The van der Waals surface area contributed by atoms with Crippen molar-refractivity contribution < 1.29 is 9.47 Å². The molecule has 0 amide bonds. The van der Waals surface area contributed by atoms with E-state index in [0.29, 0.717) is 17.2 Å². The molecule has 6 heteroatoms. The van der Waals surface area contributed by atoms with Crippen LogP contribution in [0.3, 0.4) is 0 Å². The van der Waals surface area contributed by atoms with Crippen LogP contribution in [0.2, 0.25) is 0 Å². The van der Waals surface area contributed by atoms with Crippen LogP contribution in [-0.4, -0.2) is 31.3 Å². The predicted octanol–water partition coefficient (Wildman–Crippen LogP) is 1.84. The minimum absolute atomic E-state index is 0.249. The number of aromatic nitrogens is 1. The molecule has 1 heterocycles. The second kappa shape index (κ2) is 7.04. The van der Waals surface area contributed by atoms with E-state index >= 15 is 0 Å². The Hall–Kier alpha value is -2.89. The van der Waals surface area contributed by atoms with E-state index in [0.717, 1.165) is 5.56 Å². The third-order valence-corrected chi connectivity index (χ3v) is 2.73. The van der Waals surface area contributed by atoms with Crippen LogP contribution < -0.4 is 15.2 Å². The monoisotopic (exact) mass is 284 g/mol. The lowest BCUT2D eigenvalue weighted by atomic mass is 10.2. The van der Waals surface area contributed by atoms with Crippen LogP contribution in [0.1, 0.15) is 11.3 Å². The number of hydrogen-bond donors (Lipinski definition) is 1. The molecule has 0 fully saturated rings. The molecule has 0 saturated carbocycles. The second-order valence-electron chi connectivity index (χ2n) is 4.05. The number of nitrogens with two attached hydrogens (primary N) is 1. The van der Waals surface area contributed by atoms with Crippen LogP contribution in [0.4, 0.5) is 0 Å². The predicted molar refractivity (Wildman–Crippen MR) is 82.1 cm³/mol. The molecule has 108 valence electrons. The Morgan fingerprint density at radius 1 is 1.19 bits per heavy atom. The van der Waals surface area contributed by atoms with Crippen LogP contribution in [0, 0.1) is 0 Å². The fraction of sp³-hybridized carbons (Fsp3) is 0.133. The van der Waals surface area contributed by atoms with E-state index in [1.54, 1.807) is 38.8 Å². The quantitative estimate of drug-likeness (QED) is 0.516. The maximum Gasteiger partial charge on any atom is 0.171 e. The lowest BCUT2D eigenvalue weighted by Gasteiger charge is -2.06. The summed E-state index contributed by atoms with van der Waals surface area (Å²) in [5.74, 6) is 1.60. The van der Waals surface area contributed by atoms with Crippen LogP contribution in [0.5, 0.6) is 11.5 Å². The number of amidine groups is 1. The van der Waals surface area contributed by atoms with Crippen LogP contribution in [-0.2, 0) is 0 Å². The minimum atomic E-state index is 0.249. The van der Waals surface area contributed by atoms with Crippen molar-refractivity contribution in [2.24, 2.45) is 15.9 Å². The molecule has 2 rings (SSSR count). The van der Waals surface area contributed by atoms with Gasteiger partial charge in [0.15, 0.2) is 5.84 Å². The molecule has 0 saturated heterocycles. The number of nitrogens with zero attached hydrogens (tertiary/aromatic N) is 3. The van der Waals surface area contributed by atoms with Crippen molar-refractivity contribution in [1.29, 1.82) is 0 Å². The van der Waals surface area contributed by atoms with Crippen molar-refractivity contribution in [1.82, 2.24) is 4.98 Å². The van der Waals surface area contributed by atoms with Gasteiger partial charge < -0.3 is 15.2 Å². The smallest absolute Gasteiger partial charge is 0.171 e. The van der Waals surface area contributed by atoms with E-state index < -0.39 is 0 Å². The Labute approximate surface area is 122 Å². The lowest BCUT2D eigenvalue weighted by Crippen LogP contribution is -2.14. The Balaban J connectivity index is 2.18. The highest BCUT2D eigenvalue weighted by molar-refractivity contribution is 5.96. The average molecular weight is 284 g/mol. The molecule has 0 spiro atoms. The van der Waals surface area contributed by atoms with E-state index in [2.05, 4.69) is 15.2 Å². The molecular weight excluding hydrogens is 268 g/mol. The molecule has 0 aliphatic heterocycles. The van der Waals surface area contributed by atoms with Gasteiger partial charge in [0.25, 0.3) is 0 Å². The summed E-state index contributed by atoms with van der Waals surface area (Å²) in [5, 5.41) is 7.88. The number of ether oxygens (including phenoxy) is 2. The van der Waals surface area contributed by atoms with E-state index in [1.165, 1.54) is 0 Å². The number of pyridine rings is 1. The van der Waals surface area contributed by atoms with Gasteiger partial charge in [0.1, 0.15) is 17.2 Å². The van der Waals surface area contributed by atoms with Crippen LogP contribution >= 0.6 is 0 Å². The summed E-state index contributed by atoms with van der Waals surface area (Å²) < 4.78 is 10.4. The molecule has 1 aromatic heterocycles. The van der Waals surface area contributed by atoms with Gasteiger partial charge in [-0.05, 0) is 24.3 Å². The standard InChI is InChI=1S/C15H16N4O2/c1-20-12-7-6-11(14(9-12)21-2)10-18-19-15(16)13-5-3-4-8-17-13/h3-10H,1-2H3,(H2,16,19)/b18-10-. The van der Waals surface area contributed by atoms with Crippen LogP contribution in [0.15, 0.2) is 52.8 Å². The van der Waals surface area contributed by atoms with Gasteiger partial charge in [-0.25, -0.2) is 0 Å². The molecule has 0 aliphatic rings. The zero-order chi connectivity index (χ0) is 15.1. The maximum atomic E-state index is 5.80. The molecule has 2 aromatic rings. The first-order valence-corrected chi connectivity index (χ1v) is 6.24. The molecular formula is C15H16N4O2. The molecule has 6 nitrogen and oxygen atoms in total. The Kier molecular flexibility index (Phi) is 4.87. The third kappa shape index (κ3) is 3.79. The summed E-state index contributed by atoms with van der Waals surface area (Å²) >= 11 is 0. The third-order valence-electron chi connectivity index (χ3n) is 2.73. The van der Waals surface area contributed by atoms with Crippen molar-refractivity contribution in [3.05, 3.63) is 53.9 Å². The Bertz CT molecular complexity index is 654. The molecule has 0 radical (unpaired) electrons. The Morgan fingerprint density at radius 2 is 2.05 bits per heavy atom. The van der Waals surface area contributed by atoms with Crippen LogP contribution in [0.25, 0.3) is 0 Å². The summed E-state index contributed by atoms with van der Waals surface area (Å²) in [7, 11) is 3.18. The SMILES string of the molecule is COc1ccc(/C=N\N=C(\N)c2ccccn2)c(OC)c1. The van der Waals surface area contributed by atoms with E-state index in [9.17, 15) is 0 Å². The molecule has 1 aromatic carbocycles. The number of methoxy groups -OCH3 is 2. The van der Waals surface area contributed by atoms with Gasteiger partial charge in [0.2, 0.25) is 0 Å². The molecule has 2 N–H and O–H groups in total.